The molecule has 0 aliphatic heterocycles. The van der Waals surface area contributed by atoms with Crippen molar-refractivity contribution in [2.45, 2.75) is 13.8 Å². The molecule has 0 saturated carbocycles. The first-order valence-corrected chi connectivity index (χ1v) is 6.85. The van der Waals surface area contributed by atoms with Crippen molar-refractivity contribution in [1.82, 2.24) is 14.8 Å². The van der Waals surface area contributed by atoms with Crippen LogP contribution in [0, 0.1) is 13.8 Å². The highest BCUT2D eigenvalue weighted by atomic mass is 35.5. The Bertz CT molecular complexity index is 710. The fourth-order valence-corrected chi connectivity index (χ4v) is 2.01. The van der Waals surface area contributed by atoms with Crippen LogP contribution in [-0.2, 0) is 16.6 Å². The molecule has 0 atom stereocenters. The van der Waals surface area contributed by atoms with Gasteiger partial charge in [-0.05, 0) is 26.0 Å². The van der Waals surface area contributed by atoms with E-state index in [2.05, 4.69) is 15.4 Å². The molecular formula is C14H15ClN4O3. The maximum absolute atomic E-state index is 12.0. The second-order valence-electron chi connectivity index (χ2n) is 4.66. The lowest BCUT2D eigenvalue weighted by Crippen LogP contribution is -2.21. The zero-order valence-corrected chi connectivity index (χ0v) is 13.1. The zero-order chi connectivity index (χ0) is 16.3. The Balaban J connectivity index is 1.93. The first kappa shape index (κ1) is 16.0. The highest BCUT2D eigenvalue weighted by Gasteiger charge is 2.19. The molecule has 0 aromatic carbocycles. The lowest BCUT2D eigenvalue weighted by atomic mass is 10.2. The topological polar surface area (TPSA) is 86.1 Å². The number of amides is 1. The molecule has 1 amide bonds. The van der Waals surface area contributed by atoms with Crippen molar-refractivity contribution in [3.8, 4) is 0 Å². The van der Waals surface area contributed by atoms with Gasteiger partial charge in [-0.1, -0.05) is 11.6 Å². The summed E-state index contributed by atoms with van der Waals surface area (Å²) in [6, 6.07) is 3.15. The van der Waals surface area contributed by atoms with E-state index in [0.717, 1.165) is 0 Å². The van der Waals surface area contributed by atoms with Crippen LogP contribution in [0.25, 0.3) is 0 Å². The van der Waals surface area contributed by atoms with Crippen molar-refractivity contribution in [3.63, 3.8) is 0 Å². The van der Waals surface area contributed by atoms with E-state index in [1.165, 1.54) is 6.20 Å². The molecule has 2 heterocycles. The number of carbonyl (C=O) groups excluding carboxylic acids is 2. The van der Waals surface area contributed by atoms with Crippen LogP contribution >= 0.6 is 11.6 Å². The minimum absolute atomic E-state index is 0.333. The van der Waals surface area contributed by atoms with E-state index in [1.54, 1.807) is 37.7 Å². The monoisotopic (exact) mass is 322 g/mol. The molecule has 1 N–H and O–H groups in total. The van der Waals surface area contributed by atoms with E-state index in [9.17, 15) is 9.59 Å². The molecule has 0 spiro atoms. The van der Waals surface area contributed by atoms with Gasteiger partial charge in [0.05, 0.1) is 10.7 Å². The quantitative estimate of drug-likeness (QED) is 0.869. The van der Waals surface area contributed by atoms with Gasteiger partial charge in [-0.3, -0.25) is 9.48 Å². The highest BCUT2D eigenvalue weighted by molar-refractivity contribution is 6.30. The molecule has 2 aromatic heterocycles. The molecule has 0 aliphatic carbocycles. The average Bonchev–Trinajstić information content (AvgIpc) is 2.72. The fraction of sp³-hybridized carbons (Fsp3) is 0.286. The van der Waals surface area contributed by atoms with Gasteiger partial charge in [-0.15, -0.1) is 0 Å². The van der Waals surface area contributed by atoms with Crippen molar-refractivity contribution in [1.29, 1.82) is 0 Å². The minimum Gasteiger partial charge on any atom is -0.452 e. The van der Waals surface area contributed by atoms with Crippen LogP contribution in [0.3, 0.4) is 0 Å². The maximum atomic E-state index is 12.0. The van der Waals surface area contributed by atoms with Crippen LogP contribution in [0.4, 0.5) is 5.82 Å². The third kappa shape index (κ3) is 3.62. The Morgan fingerprint density at radius 2 is 2.09 bits per heavy atom. The zero-order valence-electron chi connectivity index (χ0n) is 12.4. The number of ether oxygens (including phenoxy) is 1. The summed E-state index contributed by atoms with van der Waals surface area (Å²) in [5, 5.41) is 7.10. The van der Waals surface area contributed by atoms with Crippen LogP contribution < -0.4 is 5.32 Å². The third-order valence-electron chi connectivity index (χ3n) is 3.04. The normalized spacial score (nSPS) is 10.4. The van der Waals surface area contributed by atoms with Crippen LogP contribution in [0.2, 0.25) is 5.02 Å². The Kier molecular flexibility index (Phi) is 4.77. The van der Waals surface area contributed by atoms with Gasteiger partial charge in [0.25, 0.3) is 5.91 Å². The fourth-order valence-electron chi connectivity index (χ4n) is 1.90. The summed E-state index contributed by atoms with van der Waals surface area (Å²) in [7, 11) is 1.73. The molecule has 2 rings (SSSR count). The Hall–Kier alpha value is -2.41. The van der Waals surface area contributed by atoms with Gasteiger partial charge in [0.15, 0.2) is 6.61 Å². The number of pyridine rings is 1. The number of carbonyl (C=O) groups is 2. The smallest absolute Gasteiger partial charge is 0.342 e. The number of nitrogens with zero attached hydrogens (tertiary/aromatic N) is 3. The standard InChI is InChI=1S/C14H15ClN4O3/c1-8-13(9(2)19(3)18-8)14(21)22-7-12(20)17-11-5-4-10(15)6-16-11/h4-6H,7H2,1-3H3,(H,16,17,20). The summed E-state index contributed by atoms with van der Waals surface area (Å²) in [5.41, 5.74) is 1.62. The second-order valence-corrected chi connectivity index (χ2v) is 5.09. The van der Waals surface area contributed by atoms with Crippen LogP contribution in [0.1, 0.15) is 21.7 Å². The van der Waals surface area contributed by atoms with Crippen molar-refractivity contribution in [2.24, 2.45) is 7.05 Å². The third-order valence-corrected chi connectivity index (χ3v) is 3.27. The summed E-state index contributed by atoms with van der Waals surface area (Å²) < 4.78 is 6.59. The number of anilines is 1. The molecule has 22 heavy (non-hydrogen) atoms. The molecule has 116 valence electrons. The first-order valence-electron chi connectivity index (χ1n) is 6.47. The van der Waals surface area contributed by atoms with Crippen LogP contribution in [-0.4, -0.2) is 33.2 Å². The van der Waals surface area contributed by atoms with Crippen molar-refractivity contribution in [2.75, 3.05) is 11.9 Å². The molecule has 0 bridgehead atoms. The number of nitrogens with one attached hydrogen (secondary N) is 1. The van der Waals surface area contributed by atoms with Crippen LogP contribution in [0.15, 0.2) is 18.3 Å². The molecule has 0 aliphatic rings. The summed E-state index contributed by atoms with van der Waals surface area (Å²) in [6.07, 6.45) is 1.41. The van der Waals surface area contributed by atoms with Crippen molar-refractivity contribution in [3.05, 3.63) is 40.3 Å². The maximum Gasteiger partial charge on any atom is 0.342 e. The van der Waals surface area contributed by atoms with Crippen LogP contribution in [0.5, 0.6) is 0 Å². The molecule has 0 unspecified atom stereocenters. The molecule has 0 saturated heterocycles. The lowest BCUT2D eigenvalue weighted by Gasteiger charge is -2.06. The van der Waals surface area contributed by atoms with Crippen molar-refractivity contribution < 1.29 is 14.3 Å². The predicted octanol–water partition coefficient (Wildman–Crippen LogP) is 1.88. The molecule has 7 nitrogen and oxygen atoms in total. The number of hydrogen-bond donors (Lipinski definition) is 1. The highest BCUT2D eigenvalue weighted by Crippen LogP contribution is 2.13. The molecule has 8 heteroatoms. The number of aryl methyl sites for hydroxylation is 2. The van der Waals surface area contributed by atoms with Gasteiger partial charge in [0.1, 0.15) is 11.4 Å². The number of halogens is 1. The van der Waals surface area contributed by atoms with Gasteiger partial charge in [-0.25, -0.2) is 9.78 Å². The summed E-state index contributed by atoms with van der Waals surface area (Å²) in [5.74, 6) is -0.733. The Labute approximate surface area is 132 Å². The Morgan fingerprint density at radius 1 is 1.36 bits per heavy atom. The van der Waals surface area contributed by atoms with E-state index in [-0.39, 0.29) is 0 Å². The van der Waals surface area contributed by atoms with Gasteiger partial charge in [0, 0.05) is 18.9 Å². The molecule has 2 aromatic rings. The SMILES string of the molecule is Cc1nn(C)c(C)c1C(=O)OCC(=O)Nc1ccc(Cl)cn1. The predicted molar refractivity (Wildman–Crippen MR) is 80.8 cm³/mol. The summed E-state index contributed by atoms with van der Waals surface area (Å²) in [6.45, 7) is 3.06. The van der Waals surface area contributed by atoms with E-state index in [0.29, 0.717) is 27.8 Å². The summed E-state index contributed by atoms with van der Waals surface area (Å²) in [4.78, 5) is 27.7. The average molecular weight is 323 g/mol. The Morgan fingerprint density at radius 3 is 2.64 bits per heavy atom. The number of rotatable bonds is 4. The van der Waals surface area contributed by atoms with E-state index in [4.69, 9.17) is 16.3 Å². The molecule has 0 radical (unpaired) electrons. The second kappa shape index (κ2) is 6.57. The van der Waals surface area contributed by atoms with E-state index in [1.807, 2.05) is 0 Å². The number of hydrogen-bond acceptors (Lipinski definition) is 5. The number of aromatic nitrogens is 3. The first-order chi connectivity index (χ1) is 10.4. The van der Waals surface area contributed by atoms with Gasteiger partial charge >= 0.3 is 5.97 Å². The number of esters is 1. The lowest BCUT2D eigenvalue weighted by molar-refractivity contribution is -0.119. The van der Waals surface area contributed by atoms with Crippen molar-refractivity contribution >= 4 is 29.3 Å². The molecular weight excluding hydrogens is 308 g/mol. The largest absolute Gasteiger partial charge is 0.452 e. The van der Waals surface area contributed by atoms with E-state index < -0.39 is 18.5 Å². The van der Waals surface area contributed by atoms with E-state index >= 15 is 0 Å². The minimum atomic E-state index is -0.581. The van der Waals surface area contributed by atoms with Gasteiger partial charge in [0.2, 0.25) is 0 Å². The summed E-state index contributed by atoms with van der Waals surface area (Å²) >= 11 is 5.70. The van der Waals surface area contributed by atoms with Gasteiger partial charge < -0.3 is 10.1 Å². The molecule has 0 fully saturated rings. The van der Waals surface area contributed by atoms with Gasteiger partial charge in [-0.2, -0.15) is 5.10 Å².